The normalized spacial score (nSPS) is 19.5. The average molecular weight is 353 g/mol. The Hall–Kier alpha value is -1.21. The van der Waals surface area contributed by atoms with Crippen LogP contribution in [0.4, 0.5) is 9.93 Å². The van der Waals surface area contributed by atoms with Crippen molar-refractivity contribution in [3.05, 3.63) is 5.01 Å². The molecule has 2 aliphatic carbocycles. The second-order valence-corrected chi connectivity index (χ2v) is 7.84. The molecule has 0 aliphatic heterocycles. The second kappa shape index (κ2) is 8.76. The van der Waals surface area contributed by atoms with Crippen LogP contribution in [0.2, 0.25) is 0 Å². The predicted octanol–water partition coefficient (Wildman–Crippen LogP) is 4.01. The molecule has 0 unspecified atom stereocenters. The highest BCUT2D eigenvalue weighted by molar-refractivity contribution is 7.15. The lowest BCUT2D eigenvalue weighted by Gasteiger charge is -2.28. The molecule has 0 aromatic carbocycles. The van der Waals surface area contributed by atoms with Gasteiger partial charge >= 0.3 is 6.03 Å². The molecule has 6 nitrogen and oxygen atoms in total. The Bertz CT molecular complexity index is 524. The van der Waals surface area contributed by atoms with Crippen LogP contribution < -0.4 is 5.32 Å². The lowest BCUT2D eigenvalue weighted by molar-refractivity contribution is 0.136. The lowest BCUT2D eigenvalue weighted by atomic mass is 9.90. The van der Waals surface area contributed by atoms with Gasteiger partial charge in [-0.3, -0.25) is 5.32 Å². The summed E-state index contributed by atoms with van der Waals surface area (Å²) in [5, 5.41) is 13.2. The number of anilines is 1. The molecule has 3 rings (SSSR count). The van der Waals surface area contributed by atoms with Crippen LogP contribution in [-0.2, 0) is 4.74 Å². The van der Waals surface area contributed by atoms with E-state index >= 15 is 0 Å². The van der Waals surface area contributed by atoms with Gasteiger partial charge < -0.3 is 9.64 Å². The van der Waals surface area contributed by atoms with Gasteiger partial charge in [-0.05, 0) is 25.7 Å². The van der Waals surface area contributed by atoms with Gasteiger partial charge in [0.15, 0.2) is 0 Å². The van der Waals surface area contributed by atoms with E-state index in [9.17, 15) is 4.79 Å². The molecule has 0 atom stereocenters. The first kappa shape index (κ1) is 17.6. The molecule has 2 saturated carbocycles. The van der Waals surface area contributed by atoms with Crippen LogP contribution in [0.1, 0.15) is 68.7 Å². The predicted molar refractivity (Wildman–Crippen MR) is 95.6 cm³/mol. The molecule has 1 aromatic heterocycles. The highest BCUT2D eigenvalue weighted by Crippen LogP contribution is 2.35. The number of hydrogen-bond donors (Lipinski definition) is 1. The van der Waals surface area contributed by atoms with E-state index in [-0.39, 0.29) is 6.03 Å². The van der Waals surface area contributed by atoms with E-state index in [0.717, 1.165) is 17.8 Å². The summed E-state index contributed by atoms with van der Waals surface area (Å²) in [5.74, 6) is 0.529. The minimum Gasteiger partial charge on any atom is -0.383 e. The third-order valence-electron chi connectivity index (χ3n) is 5.17. The van der Waals surface area contributed by atoms with Crippen LogP contribution >= 0.6 is 11.3 Å². The second-order valence-electron chi connectivity index (χ2n) is 6.84. The van der Waals surface area contributed by atoms with Crippen molar-refractivity contribution < 1.29 is 9.53 Å². The summed E-state index contributed by atoms with van der Waals surface area (Å²) in [6.07, 6.45) is 10.8. The zero-order valence-corrected chi connectivity index (χ0v) is 15.3. The largest absolute Gasteiger partial charge is 0.383 e. The monoisotopic (exact) mass is 352 g/mol. The number of ether oxygens (including phenoxy) is 1. The Morgan fingerprint density at radius 3 is 2.58 bits per heavy atom. The molecule has 2 amide bonds. The van der Waals surface area contributed by atoms with Gasteiger partial charge in [-0.25, -0.2) is 4.79 Å². The van der Waals surface area contributed by atoms with Gasteiger partial charge in [0.25, 0.3) is 0 Å². The first-order valence-corrected chi connectivity index (χ1v) is 9.99. The van der Waals surface area contributed by atoms with Crippen molar-refractivity contribution >= 4 is 22.5 Å². The van der Waals surface area contributed by atoms with Crippen molar-refractivity contribution in [3.8, 4) is 0 Å². The van der Waals surface area contributed by atoms with Gasteiger partial charge in [-0.1, -0.05) is 43.4 Å². The van der Waals surface area contributed by atoms with E-state index in [1.807, 2.05) is 4.90 Å². The van der Waals surface area contributed by atoms with Crippen LogP contribution in [0.15, 0.2) is 0 Å². The van der Waals surface area contributed by atoms with E-state index in [4.69, 9.17) is 4.74 Å². The first-order valence-electron chi connectivity index (χ1n) is 9.18. The van der Waals surface area contributed by atoms with Crippen molar-refractivity contribution in [1.29, 1.82) is 0 Å². The highest BCUT2D eigenvalue weighted by Gasteiger charge is 2.27. The van der Waals surface area contributed by atoms with Crippen LogP contribution in [0.25, 0.3) is 0 Å². The number of nitrogens with one attached hydrogen (secondary N) is 1. The number of carbonyl (C=O) groups is 1. The molecule has 1 aromatic rings. The molecule has 134 valence electrons. The summed E-state index contributed by atoms with van der Waals surface area (Å²) < 4.78 is 5.17. The number of hydrogen-bond acceptors (Lipinski definition) is 5. The van der Waals surface area contributed by atoms with Crippen LogP contribution in [0, 0.1) is 0 Å². The summed E-state index contributed by atoms with van der Waals surface area (Å²) in [6.45, 7) is 1.19. The van der Waals surface area contributed by atoms with Crippen molar-refractivity contribution in [2.24, 2.45) is 0 Å². The van der Waals surface area contributed by atoms with Crippen molar-refractivity contribution in [3.63, 3.8) is 0 Å². The minimum atomic E-state index is -0.0645. The Balaban J connectivity index is 1.60. The van der Waals surface area contributed by atoms with Crippen LogP contribution in [0.5, 0.6) is 0 Å². The van der Waals surface area contributed by atoms with E-state index < -0.39 is 0 Å². The van der Waals surface area contributed by atoms with Gasteiger partial charge in [0.1, 0.15) is 5.01 Å². The smallest absolute Gasteiger partial charge is 0.324 e. The number of urea groups is 1. The molecule has 7 heteroatoms. The van der Waals surface area contributed by atoms with E-state index in [1.54, 1.807) is 7.11 Å². The van der Waals surface area contributed by atoms with E-state index in [1.165, 1.54) is 56.3 Å². The quantitative estimate of drug-likeness (QED) is 0.840. The van der Waals surface area contributed by atoms with Crippen molar-refractivity contribution in [1.82, 2.24) is 15.1 Å². The zero-order chi connectivity index (χ0) is 16.8. The number of rotatable bonds is 6. The van der Waals surface area contributed by atoms with Crippen molar-refractivity contribution in [2.45, 2.75) is 69.7 Å². The fourth-order valence-electron chi connectivity index (χ4n) is 3.82. The average Bonchev–Trinajstić information content (AvgIpc) is 3.28. The minimum absolute atomic E-state index is 0.0645. The van der Waals surface area contributed by atoms with E-state index in [0.29, 0.717) is 30.2 Å². The maximum absolute atomic E-state index is 12.7. The Morgan fingerprint density at radius 2 is 1.88 bits per heavy atom. The Morgan fingerprint density at radius 1 is 1.17 bits per heavy atom. The number of amides is 2. The SMILES string of the molecule is COCCN(C(=O)Nc1nnc(C2CCCCC2)s1)C1CCCC1. The first-order chi connectivity index (χ1) is 11.8. The fraction of sp³-hybridized carbons (Fsp3) is 0.824. The number of methoxy groups -OCH3 is 1. The summed E-state index contributed by atoms with van der Waals surface area (Å²) in [4.78, 5) is 14.6. The van der Waals surface area contributed by atoms with Gasteiger partial charge in [-0.15, -0.1) is 10.2 Å². The maximum Gasteiger partial charge on any atom is 0.324 e. The molecule has 1 heterocycles. The zero-order valence-electron chi connectivity index (χ0n) is 14.5. The van der Waals surface area contributed by atoms with Gasteiger partial charge in [-0.2, -0.15) is 0 Å². The topological polar surface area (TPSA) is 67.3 Å². The van der Waals surface area contributed by atoms with E-state index in [2.05, 4.69) is 15.5 Å². The van der Waals surface area contributed by atoms with Gasteiger partial charge in [0, 0.05) is 25.6 Å². The summed E-state index contributed by atoms with van der Waals surface area (Å²) in [5.41, 5.74) is 0. The highest BCUT2D eigenvalue weighted by atomic mass is 32.1. The van der Waals surface area contributed by atoms with Gasteiger partial charge in [0.05, 0.1) is 6.61 Å². The molecule has 0 bridgehead atoms. The molecule has 1 N–H and O–H groups in total. The summed E-state index contributed by atoms with van der Waals surface area (Å²) in [6, 6.07) is 0.260. The Labute approximate surface area is 148 Å². The number of aromatic nitrogens is 2. The summed E-state index contributed by atoms with van der Waals surface area (Å²) in [7, 11) is 1.67. The molecule has 2 fully saturated rings. The summed E-state index contributed by atoms with van der Waals surface area (Å²) >= 11 is 1.54. The maximum atomic E-state index is 12.7. The van der Waals surface area contributed by atoms with Crippen LogP contribution in [-0.4, -0.2) is 47.4 Å². The standard InChI is InChI=1S/C17H28N4O2S/c1-23-12-11-21(14-9-5-6-10-14)17(22)18-16-20-19-15(24-16)13-7-3-2-4-8-13/h13-14H,2-12H2,1H3,(H,18,20,22). The molecule has 0 spiro atoms. The molecule has 0 saturated heterocycles. The van der Waals surface area contributed by atoms with Crippen molar-refractivity contribution in [2.75, 3.05) is 25.6 Å². The Kier molecular flexibility index (Phi) is 6.43. The molecule has 2 aliphatic rings. The fourth-order valence-corrected chi connectivity index (χ4v) is 4.72. The molecule has 0 radical (unpaired) electrons. The number of nitrogens with zero attached hydrogens (tertiary/aromatic N) is 3. The molecular weight excluding hydrogens is 324 g/mol. The van der Waals surface area contributed by atoms with Crippen LogP contribution in [0.3, 0.4) is 0 Å². The lowest BCUT2D eigenvalue weighted by Crippen LogP contribution is -2.43. The van der Waals surface area contributed by atoms with Gasteiger partial charge in [0.2, 0.25) is 5.13 Å². The number of carbonyl (C=O) groups excluding carboxylic acids is 1. The third-order valence-corrected chi connectivity index (χ3v) is 6.17. The third kappa shape index (κ3) is 4.45. The molecular formula is C17H28N4O2S. The molecule has 24 heavy (non-hydrogen) atoms.